The predicted molar refractivity (Wildman–Crippen MR) is 77.5 cm³/mol. The molecule has 2 aliphatic heterocycles. The normalized spacial score (nSPS) is 26.1. The van der Waals surface area contributed by atoms with Crippen LogP contribution in [0.25, 0.3) is 0 Å². The molecule has 108 valence electrons. The van der Waals surface area contributed by atoms with Crippen LogP contribution in [0.15, 0.2) is 24.3 Å². The second kappa shape index (κ2) is 5.94. The number of benzene rings is 1. The van der Waals surface area contributed by atoms with E-state index in [0.717, 1.165) is 26.1 Å². The Hall–Kier alpha value is -1.39. The fraction of sp³-hybridized carbons (Fsp3) is 0.562. The van der Waals surface area contributed by atoms with Gasteiger partial charge in [-0.05, 0) is 24.5 Å². The van der Waals surface area contributed by atoms with Crippen LogP contribution in [0.2, 0.25) is 0 Å². The van der Waals surface area contributed by atoms with Gasteiger partial charge in [0.15, 0.2) is 0 Å². The van der Waals surface area contributed by atoms with Crippen LogP contribution in [0.5, 0.6) is 0 Å². The third-order valence-electron chi connectivity index (χ3n) is 4.33. The number of carbonyl (C=O) groups excluding carboxylic acids is 1. The van der Waals surface area contributed by atoms with Gasteiger partial charge in [-0.1, -0.05) is 24.3 Å². The number of morpholine rings is 1. The quantitative estimate of drug-likeness (QED) is 0.889. The number of ether oxygens (including phenoxy) is 1. The molecule has 4 heteroatoms. The van der Waals surface area contributed by atoms with Crippen LogP contribution in [0.1, 0.15) is 30.5 Å². The maximum atomic E-state index is 12.5. The van der Waals surface area contributed by atoms with Gasteiger partial charge in [0.25, 0.3) is 0 Å². The zero-order valence-corrected chi connectivity index (χ0v) is 12.0. The van der Waals surface area contributed by atoms with Gasteiger partial charge < -0.3 is 15.0 Å². The fourth-order valence-corrected chi connectivity index (χ4v) is 3.19. The van der Waals surface area contributed by atoms with Gasteiger partial charge in [0.05, 0.1) is 19.3 Å². The van der Waals surface area contributed by atoms with Crippen LogP contribution in [0.3, 0.4) is 0 Å². The molecule has 0 bridgehead atoms. The molecule has 1 aromatic rings. The van der Waals surface area contributed by atoms with Gasteiger partial charge in [-0.2, -0.15) is 0 Å². The van der Waals surface area contributed by atoms with Crippen molar-refractivity contribution in [2.45, 2.75) is 31.8 Å². The van der Waals surface area contributed by atoms with E-state index in [9.17, 15) is 4.79 Å². The Labute approximate surface area is 120 Å². The van der Waals surface area contributed by atoms with Crippen molar-refractivity contribution in [2.75, 3.05) is 26.3 Å². The average Bonchev–Trinajstić information content (AvgIpc) is 2.49. The SMILES string of the molecule is CC1c2ccccc2CCN1C(=O)CC1COCCN1. The van der Waals surface area contributed by atoms with Gasteiger partial charge >= 0.3 is 0 Å². The second-order valence-corrected chi connectivity index (χ2v) is 5.64. The lowest BCUT2D eigenvalue weighted by atomic mass is 9.93. The summed E-state index contributed by atoms with van der Waals surface area (Å²) in [5, 5.41) is 3.35. The molecule has 0 radical (unpaired) electrons. The molecule has 0 aliphatic carbocycles. The molecule has 1 N–H and O–H groups in total. The Bertz CT molecular complexity index is 483. The Morgan fingerprint density at radius 3 is 3.10 bits per heavy atom. The fourth-order valence-electron chi connectivity index (χ4n) is 3.19. The molecule has 3 rings (SSSR count). The highest BCUT2D eigenvalue weighted by molar-refractivity contribution is 5.77. The smallest absolute Gasteiger partial charge is 0.224 e. The molecular weight excluding hydrogens is 252 g/mol. The lowest BCUT2D eigenvalue weighted by Gasteiger charge is -2.36. The van der Waals surface area contributed by atoms with Crippen LogP contribution in [-0.2, 0) is 16.0 Å². The van der Waals surface area contributed by atoms with Crippen LogP contribution in [0, 0.1) is 0 Å². The molecule has 2 aliphatic rings. The Balaban J connectivity index is 1.67. The van der Waals surface area contributed by atoms with Crippen molar-refractivity contribution in [3.05, 3.63) is 35.4 Å². The summed E-state index contributed by atoms with van der Waals surface area (Å²) >= 11 is 0. The summed E-state index contributed by atoms with van der Waals surface area (Å²) in [6.07, 6.45) is 1.49. The first-order valence-corrected chi connectivity index (χ1v) is 7.44. The summed E-state index contributed by atoms with van der Waals surface area (Å²) in [7, 11) is 0. The third kappa shape index (κ3) is 2.72. The van der Waals surface area contributed by atoms with E-state index in [1.165, 1.54) is 11.1 Å². The van der Waals surface area contributed by atoms with E-state index in [0.29, 0.717) is 13.0 Å². The van der Waals surface area contributed by atoms with Gasteiger partial charge in [-0.15, -0.1) is 0 Å². The first kappa shape index (κ1) is 13.6. The highest BCUT2D eigenvalue weighted by Gasteiger charge is 2.29. The minimum absolute atomic E-state index is 0.167. The molecule has 1 amide bonds. The van der Waals surface area contributed by atoms with Crippen LogP contribution in [0.4, 0.5) is 0 Å². The number of hydrogen-bond acceptors (Lipinski definition) is 3. The van der Waals surface area contributed by atoms with Gasteiger partial charge in [-0.3, -0.25) is 4.79 Å². The van der Waals surface area contributed by atoms with Gasteiger partial charge in [0.1, 0.15) is 0 Å². The molecule has 0 aromatic heterocycles. The van der Waals surface area contributed by atoms with E-state index < -0.39 is 0 Å². The van der Waals surface area contributed by atoms with Gasteiger partial charge in [-0.25, -0.2) is 0 Å². The van der Waals surface area contributed by atoms with E-state index in [4.69, 9.17) is 4.74 Å². The van der Waals surface area contributed by atoms with Crippen molar-refractivity contribution in [1.29, 1.82) is 0 Å². The summed E-state index contributed by atoms with van der Waals surface area (Å²) in [5.74, 6) is 0.231. The molecule has 1 fully saturated rings. The second-order valence-electron chi connectivity index (χ2n) is 5.64. The Morgan fingerprint density at radius 1 is 1.45 bits per heavy atom. The average molecular weight is 274 g/mol. The Morgan fingerprint density at radius 2 is 2.30 bits per heavy atom. The minimum Gasteiger partial charge on any atom is -0.378 e. The van der Waals surface area contributed by atoms with E-state index >= 15 is 0 Å². The monoisotopic (exact) mass is 274 g/mol. The van der Waals surface area contributed by atoms with E-state index in [1.54, 1.807) is 0 Å². The van der Waals surface area contributed by atoms with E-state index in [1.807, 2.05) is 4.90 Å². The number of hydrogen-bond donors (Lipinski definition) is 1. The number of carbonyl (C=O) groups is 1. The largest absolute Gasteiger partial charge is 0.378 e. The molecule has 2 atom stereocenters. The zero-order chi connectivity index (χ0) is 13.9. The van der Waals surface area contributed by atoms with Crippen molar-refractivity contribution in [1.82, 2.24) is 10.2 Å². The molecule has 20 heavy (non-hydrogen) atoms. The maximum Gasteiger partial charge on any atom is 0.224 e. The van der Waals surface area contributed by atoms with Crippen molar-refractivity contribution in [3.63, 3.8) is 0 Å². The maximum absolute atomic E-state index is 12.5. The number of amides is 1. The van der Waals surface area contributed by atoms with Gasteiger partial charge in [0.2, 0.25) is 5.91 Å². The van der Waals surface area contributed by atoms with Gasteiger partial charge in [0, 0.05) is 25.6 Å². The predicted octanol–water partition coefficient (Wildman–Crippen LogP) is 1.51. The zero-order valence-electron chi connectivity index (χ0n) is 12.0. The van der Waals surface area contributed by atoms with Crippen molar-refractivity contribution in [2.24, 2.45) is 0 Å². The Kier molecular flexibility index (Phi) is 4.03. The molecule has 0 spiro atoms. The summed E-state index contributed by atoms with van der Waals surface area (Å²) in [6, 6.07) is 8.79. The highest BCUT2D eigenvalue weighted by Crippen LogP contribution is 2.29. The topological polar surface area (TPSA) is 41.6 Å². The van der Waals surface area contributed by atoms with Crippen LogP contribution in [-0.4, -0.2) is 43.2 Å². The highest BCUT2D eigenvalue weighted by atomic mass is 16.5. The van der Waals surface area contributed by atoms with E-state index in [2.05, 4.69) is 36.5 Å². The summed E-state index contributed by atoms with van der Waals surface area (Å²) in [6.45, 7) is 5.18. The minimum atomic E-state index is 0.167. The first-order chi connectivity index (χ1) is 9.75. The molecule has 1 saturated heterocycles. The molecule has 1 aromatic carbocycles. The first-order valence-electron chi connectivity index (χ1n) is 7.44. The number of nitrogens with one attached hydrogen (secondary N) is 1. The molecule has 2 unspecified atom stereocenters. The third-order valence-corrected chi connectivity index (χ3v) is 4.33. The van der Waals surface area contributed by atoms with E-state index in [-0.39, 0.29) is 18.0 Å². The number of nitrogens with zero attached hydrogens (tertiary/aromatic N) is 1. The lowest BCUT2D eigenvalue weighted by Crippen LogP contribution is -2.46. The molecule has 4 nitrogen and oxygen atoms in total. The van der Waals surface area contributed by atoms with Crippen LogP contribution >= 0.6 is 0 Å². The van der Waals surface area contributed by atoms with Crippen molar-refractivity contribution in [3.8, 4) is 0 Å². The summed E-state index contributed by atoms with van der Waals surface area (Å²) in [4.78, 5) is 14.5. The molecule has 0 saturated carbocycles. The summed E-state index contributed by atoms with van der Waals surface area (Å²) < 4.78 is 5.42. The standard InChI is InChI=1S/C16H22N2O2/c1-12-15-5-3-2-4-13(15)6-8-18(12)16(19)10-14-11-20-9-7-17-14/h2-5,12,14,17H,6-11H2,1H3. The summed E-state index contributed by atoms with van der Waals surface area (Å²) in [5.41, 5.74) is 2.67. The molecule has 2 heterocycles. The van der Waals surface area contributed by atoms with Crippen molar-refractivity contribution < 1.29 is 9.53 Å². The lowest BCUT2D eigenvalue weighted by molar-refractivity contribution is -0.135. The van der Waals surface area contributed by atoms with Crippen LogP contribution < -0.4 is 5.32 Å². The molecular formula is C16H22N2O2. The number of fused-ring (bicyclic) bond motifs is 1. The van der Waals surface area contributed by atoms with Crippen molar-refractivity contribution >= 4 is 5.91 Å². The number of rotatable bonds is 2.